The number of rotatable bonds is 2. The molecule has 2 nitrogen and oxygen atoms in total. The molecule has 1 heterocycles. The average Bonchev–Trinajstić information content (AvgIpc) is 2.54. The highest BCUT2D eigenvalue weighted by Crippen LogP contribution is 2.25. The van der Waals surface area contributed by atoms with E-state index in [0.717, 1.165) is 12.5 Å². The first-order chi connectivity index (χ1) is 7.56. The summed E-state index contributed by atoms with van der Waals surface area (Å²) < 4.78 is 8.06. The average molecular weight is 363 g/mol. The molecule has 0 spiro atoms. The Labute approximate surface area is 124 Å². The van der Waals surface area contributed by atoms with Crippen LogP contribution in [0.4, 0.5) is 0 Å². The smallest absolute Gasteiger partial charge is 0.371 e. The van der Waals surface area contributed by atoms with Crippen molar-refractivity contribution in [3.63, 3.8) is 0 Å². The summed E-state index contributed by atoms with van der Waals surface area (Å²) in [7, 11) is 2.10. The third kappa shape index (κ3) is 2.78. The van der Waals surface area contributed by atoms with Crippen LogP contribution in [0.5, 0.6) is 0 Å². The molecule has 0 fully saturated rings. The third-order valence-electron chi connectivity index (χ3n) is 3.11. The Morgan fingerprint density at radius 2 is 1.94 bits per heavy atom. The Morgan fingerprint density at radius 3 is 2.47 bits per heavy atom. The Kier molecular flexibility index (Phi) is 4.89. The predicted octanol–water partition coefficient (Wildman–Crippen LogP) is -0.390. The van der Waals surface area contributed by atoms with Crippen LogP contribution in [-0.4, -0.2) is 35.9 Å². The van der Waals surface area contributed by atoms with E-state index in [1.807, 2.05) is 0 Å². The lowest BCUT2D eigenvalue weighted by Crippen LogP contribution is -3.00. The fourth-order valence-corrected chi connectivity index (χ4v) is 2.38. The number of nitrogens with zero attached hydrogens (tertiary/aromatic N) is 1. The summed E-state index contributed by atoms with van der Waals surface area (Å²) in [6, 6.07) is 8.38. The van der Waals surface area contributed by atoms with Gasteiger partial charge in [-0.2, -0.15) is 4.58 Å². The molecule has 4 heteroatoms. The lowest BCUT2D eigenvalue weighted by molar-refractivity contribution is -0.562. The van der Waals surface area contributed by atoms with Gasteiger partial charge in [-0.05, 0) is 18.4 Å². The molecular formula is C13H18INOS. The summed E-state index contributed by atoms with van der Waals surface area (Å²) in [5.41, 5.74) is 1.28. The topological polar surface area (TPSA) is 12.2 Å². The molecule has 0 bridgehead atoms. The minimum Gasteiger partial charge on any atom is -1.00 e. The largest absolute Gasteiger partial charge is 1.00 e. The monoisotopic (exact) mass is 363 g/mol. The molecule has 0 atom stereocenters. The molecule has 0 aromatic heterocycles. The number of benzene rings is 1. The summed E-state index contributed by atoms with van der Waals surface area (Å²) in [5.74, 6) is 0.995. The van der Waals surface area contributed by atoms with E-state index in [1.165, 1.54) is 10.5 Å². The maximum atomic E-state index is 5.84. The number of hydrogen-bond donors (Lipinski definition) is 0. The van der Waals surface area contributed by atoms with Gasteiger partial charge >= 0.3 is 5.90 Å². The van der Waals surface area contributed by atoms with Crippen molar-refractivity contribution in [2.45, 2.75) is 24.3 Å². The summed E-state index contributed by atoms with van der Waals surface area (Å²) in [6.07, 6.45) is 2.10. The molecule has 94 valence electrons. The van der Waals surface area contributed by atoms with Crippen molar-refractivity contribution >= 4 is 17.7 Å². The first kappa shape index (κ1) is 14.8. The zero-order chi connectivity index (χ0) is 11.8. The molecule has 0 unspecified atom stereocenters. The predicted molar refractivity (Wildman–Crippen MR) is 68.5 cm³/mol. The van der Waals surface area contributed by atoms with E-state index >= 15 is 0 Å². The van der Waals surface area contributed by atoms with Crippen LogP contribution >= 0.6 is 11.8 Å². The Balaban J connectivity index is 0.00000144. The molecular weight excluding hydrogens is 345 g/mol. The first-order valence-electron chi connectivity index (χ1n) is 5.43. The maximum absolute atomic E-state index is 5.84. The summed E-state index contributed by atoms with van der Waals surface area (Å²) >= 11 is 1.76. The number of halogens is 1. The highest BCUT2D eigenvalue weighted by molar-refractivity contribution is 7.98. The second-order valence-electron chi connectivity index (χ2n) is 4.67. The highest BCUT2D eigenvalue weighted by Gasteiger charge is 2.40. The zero-order valence-electron chi connectivity index (χ0n) is 10.7. The normalized spacial score (nSPS) is 17.6. The van der Waals surface area contributed by atoms with Crippen molar-refractivity contribution < 1.29 is 33.3 Å². The molecule has 0 amide bonds. The molecule has 2 rings (SSSR count). The second-order valence-corrected chi connectivity index (χ2v) is 5.51. The molecule has 1 aliphatic heterocycles. The fraction of sp³-hybridized carbons (Fsp3) is 0.462. The lowest BCUT2D eigenvalue weighted by atomic mass is 10.1. The first-order valence-corrected chi connectivity index (χ1v) is 6.66. The van der Waals surface area contributed by atoms with Crippen molar-refractivity contribution in [3.8, 4) is 0 Å². The van der Waals surface area contributed by atoms with E-state index in [9.17, 15) is 0 Å². The molecule has 0 radical (unpaired) electrons. The van der Waals surface area contributed by atoms with E-state index in [4.69, 9.17) is 4.74 Å². The zero-order valence-corrected chi connectivity index (χ0v) is 13.6. The molecule has 0 N–H and O–H groups in total. The molecule has 1 aromatic carbocycles. The SMILES string of the molecule is CSc1ccccc1C1=[N+](C)C(C)(C)CO1.[I-]. The van der Waals surface area contributed by atoms with E-state index in [0.29, 0.717) is 0 Å². The molecule has 17 heavy (non-hydrogen) atoms. The van der Waals surface area contributed by atoms with Crippen LogP contribution in [0.2, 0.25) is 0 Å². The van der Waals surface area contributed by atoms with Gasteiger partial charge in [-0.3, -0.25) is 0 Å². The van der Waals surface area contributed by atoms with Crippen molar-refractivity contribution in [1.29, 1.82) is 0 Å². The van der Waals surface area contributed by atoms with Crippen LogP contribution in [-0.2, 0) is 4.74 Å². The Hall–Kier alpha value is -0.230. The van der Waals surface area contributed by atoms with Crippen LogP contribution in [0.3, 0.4) is 0 Å². The highest BCUT2D eigenvalue weighted by atomic mass is 127. The molecule has 0 saturated heterocycles. The van der Waals surface area contributed by atoms with E-state index in [2.05, 4.69) is 56.0 Å². The standard InChI is InChI=1S/C13H18NOS.HI/c1-13(2)9-15-12(14(13)3)10-7-5-6-8-11(10)16-4;/h5-8H,9H2,1-4H3;1H/q+1;/p-1. The van der Waals surface area contributed by atoms with Crippen LogP contribution in [0.1, 0.15) is 19.4 Å². The van der Waals surface area contributed by atoms with Gasteiger partial charge in [0.1, 0.15) is 7.05 Å². The molecule has 1 aliphatic rings. The third-order valence-corrected chi connectivity index (χ3v) is 3.91. The van der Waals surface area contributed by atoms with Gasteiger partial charge in [-0.25, -0.2) is 0 Å². The van der Waals surface area contributed by atoms with Crippen molar-refractivity contribution in [2.75, 3.05) is 19.9 Å². The van der Waals surface area contributed by atoms with Crippen molar-refractivity contribution in [3.05, 3.63) is 29.8 Å². The van der Waals surface area contributed by atoms with E-state index < -0.39 is 0 Å². The number of thioether (sulfide) groups is 1. The molecule has 0 aliphatic carbocycles. The van der Waals surface area contributed by atoms with Crippen LogP contribution < -0.4 is 24.0 Å². The summed E-state index contributed by atoms with van der Waals surface area (Å²) in [4.78, 5) is 1.27. The molecule has 1 aromatic rings. The van der Waals surface area contributed by atoms with Crippen LogP contribution in [0.25, 0.3) is 0 Å². The second kappa shape index (κ2) is 5.61. The maximum Gasteiger partial charge on any atom is 0.371 e. The van der Waals surface area contributed by atoms with Gasteiger partial charge in [0, 0.05) is 18.7 Å². The molecule has 0 saturated carbocycles. The Morgan fingerprint density at radius 1 is 1.29 bits per heavy atom. The van der Waals surface area contributed by atoms with Crippen LogP contribution in [0.15, 0.2) is 29.2 Å². The van der Waals surface area contributed by atoms with E-state index in [-0.39, 0.29) is 29.5 Å². The van der Waals surface area contributed by atoms with Gasteiger partial charge in [0.25, 0.3) is 0 Å². The fourth-order valence-electron chi connectivity index (χ4n) is 1.79. The number of hydrogen-bond acceptors (Lipinski definition) is 2. The Bertz CT molecular complexity index is 443. The van der Waals surface area contributed by atoms with Gasteiger partial charge in [0.15, 0.2) is 12.1 Å². The quantitative estimate of drug-likeness (QED) is 0.403. The van der Waals surface area contributed by atoms with Crippen LogP contribution in [0, 0.1) is 0 Å². The lowest BCUT2D eigenvalue weighted by Gasteiger charge is -2.09. The summed E-state index contributed by atoms with van der Waals surface area (Å²) in [5, 5.41) is 0. The minimum atomic E-state index is 0. The minimum absolute atomic E-state index is 0. The summed E-state index contributed by atoms with van der Waals surface area (Å²) in [6.45, 7) is 5.14. The number of likely N-dealkylation sites (N-methyl/N-ethyl adjacent to an activating group) is 1. The van der Waals surface area contributed by atoms with E-state index in [1.54, 1.807) is 11.8 Å². The van der Waals surface area contributed by atoms with Gasteiger partial charge < -0.3 is 28.7 Å². The van der Waals surface area contributed by atoms with Gasteiger partial charge in [-0.1, -0.05) is 12.1 Å². The van der Waals surface area contributed by atoms with Gasteiger partial charge in [0.05, 0.1) is 5.56 Å². The van der Waals surface area contributed by atoms with Crippen molar-refractivity contribution in [2.24, 2.45) is 0 Å². The van der Waals surface area contributed by atoms with Crippen molar-refractivity contribution in [1.82, 2.24) is 0 Å². The number of ether oxygens (including phenoxy) is 1. The van der Waals surface area contributed by atoms with Gasteiger partial charge in [-0.15, -0.1) is 11.8 Å². The van der Waals surface area contributed by atoms with Gasteiger partial charge in [0.2, 0.25) is 0 Å².